The number of nitrogens with zero attached hydrogens (tertiary/aromatic N) is 1. The predicted octanol–water partition coefficient (Wildman–Crippen LogP) is 4.36. The summed E-state index contributed by atoms with van der Waals surface area (Å²) in [6, 6.07) is 11.7. The third-order valence-electron chi connectivity index (χ3n) is 5.02. The van der Waals surface area contributed by atoms with Gasteiger partial charge in [0, 0.05) is 11.4 Å². The minimum absolute atomic E-state index is 0.195. The highest BCUT2D eigenvalue weighted by molar-refractivity contribution is 7.99. The zero-order chi connectivity index (χ0) is 22.0. The van der Waals surface area contributed by atoms with Gasteiger partial charge in [-0.2, -0.15) is 0 Å². The van der Waals surface area contributed by atoms with Crippen LogP contribution in [-0.4, -0.2) is 40.3 Å². The molecule has 1 aliphatic rings. The number of benzene rings is 1. The molecule has 3 heterocycles. The van der Waals surface area contributed by atoms with E-state index in [0.29, 0.717) is 21.5 Å². The molecule has 1 atom stereocenters. The molecule has 0 radical (unpaired) electrons. The van der Waals surface area contributed by atoms with Gasteiger partial charge in [0.25, 0.3) is 11.8 Å². The summed E-state index contributed by atoms with van der Waals surface area (Å²) in [6.45, 7) is 4.01. The number of anilines is 2. The molecule has 3 amide bonds. The second kappa shape index (κ2) is 8.99. The lowest BCUT2D eigenvalue weighted by Gasteiger charge is -2.22. The summed E-state index contributed by atoms with van der Waals surface area (Å²) in [5.74, 6) is 0.359. The van der Waals surface area contributed by atoms with Crippen molar-refractivity contribution in [3.8, 4) is 0 Å². The van der Waals surface area contributed by atoms with E-state index >= 15 is 0 Å². The van der Waals surface area contributed by atoms with Crippen LogP contribution >= 0.6 is 23.1 Å². The predicted molar refractivity (Wildman–Crippen MR) is 123 cm³/mol. The summed E-state index contributed by atoms with van der Waals surface area (Å²) in [7, 11) is 0. The van der Waals surface area contributed by atoms with E-state index in [1.54, 1.807) is 40.9 Å². The lowest BCUT2D eigenvalue weighted by atomic mass is 10.1. The van der Waals surface area contributed by atoms with E-state index in [1.807, 2.05) is 32.0 Å². The van der Waals surface area contributed by atoms with Gasteiger partial charge in [0.15, 0.2) is 5.76 Å². The number of thioether (sulfide) groups is 1. The molecule has 0 spiro atoms. The van der Waals surface area contributed by atoms with E-state index in [-0.39, 0.29) is 23.5 Å². The highest BCUT2D eigenvalue weighted by atomic mass is 32.2. The van der Waals surface area contributed by atoms with E-state index < -0.39 is 6.04 Å². The topological polar surface area (TPSA) is 91.7 Å². The summed E-state index contributed by atoms with van der Waals surface area (Å²) >= 11 is 2.71. The van der Waals surface area contributed by atoms with E-state index in [2.05, 4.69) is 10.6 Å². The molecule has 1 aromatic carbocycles. The number of hydrogen-bond donors (Lipinski definition) is 2. The molecule has 0 aliphatic carbocycles. The van der Waals surface area contributed by atoms with Crippen LogP contribution in [0.4, 0.5) is 10.7 Å². The first-order valence-electron chi connectivity index (χ1n) is 9.64. The van der Waals surface area contributed by atoms with E-state index in [1.165, 1.54) is 17.6 Å². The molecule has 4 rings (SSSR count). The van der Waals surface area contributed by atoms with Gasteiger partial charge in [-0.1, -0.05) is 6.07 Å². The number of hydrogen-bond acceptors (Lipinski definition) is 6. The van der Waals surface area contributed by atoms with Crippen molar-refractivity contribution >= 4 is 51.5 Å². The van der Waals surface area contributed by atoms with Crippen LogP contribution in [0.1, 0.15) is 31.4 Å². The maximum Gasteiger partial charge on any atom is 0.291 e. The van der Waals surface area contributed by atoms with Crippen molar-refractivity contribution in [1.82, 2.24) is 4.90 Å². The summed E-state index contributed by atoms with van der Waals surface area (Å²) in [4.78, 5) is 40.1. The number of furan rings is 1. The van der Waals surface area contributed by atoms with E-state index in [4.69, 9.17) is 4.42 Å². The van der Waals surface area contributed by atoms with Crippen LogP contribution in [0.5, 0.6) is 0 Å². The summed E-state index contributed by atoms with van der Waals surface area (Å²) in [6.07, 6.45) is 1.42. The Bertz CT molecular complexity index is 1120. The van der Waals surface area contributed by atoms with E-state index in [0.717, 1.165) is 16.8 Å². The second-order valence-corrected chi connectivity index (χ2v) is 9.26. The quantitative estimate of drug-likeness (QED) is 0.596. The second-order valence-electron chi connectivity index (χ2n) is 7.17. The molecule has 31 heavy (non-hydrogen) atoms. The SMILES string of the molecule is Cc1ccc(NC(=O)C2CSCN2C(=O)c2ccc(NC(=O)c3ccco3)s2)cc1C. The number of carbonyl (C=O) groups is 3. The largest absolute Gasteiger partial charge is 0.459 e. The number of nitrogens with one attached hydrogen (secondary N) is 2. The minimum atomic E-state index is -0.553. The monoisotopic (exact) mass is 455 g/mol. The van der Waals surface area contributed by atoms with Crippen molar-refractivity contribution in [2.24, 2.45) is 0 Å². The minimum Gasteiger partial charge on any atom is -0.459 e. The number of aryl methyl sites for hydroxylation is 2. The van der Waals surface area contributed by atoms with Gasteiger partial charge < -0.3 is 20.0 Å². The Balaban J connectivity index is 1.43. The molecule has 1 fully saturated rings. The van der Waals surface area contributed by atoms with Gasteiger partial charge in [0.05, 0.1) is 22.0 Å². The van der Waals surface area contributed by atoms with Crippen LogP contribution in [0, 0.1) is 13.8 Å². The molecule has 1 aliphatic heterocycles. The van der Waals surface area contributed by atoms with Crippen LogP contribution < -0.4 is 10.6 Å². The van der Waals surface area contributed by atoms with Crippen LogP contribution in [0.15, 0.2) is 53.1 Å². The highest BCUT2D eigenvalue weighted by Crippen LogP contribution is 2.29. The zero-order valence-electron chi connectivity index (χ0n) is 17.0. The number of carbonyl (C=O) groups excluding carboxylic acids is 3. The molecule has 2 aromatic heterocycles. The van der Waals surface area contributed by atoms with Crippen LogP contribution in [0.2, 0.25) is 0 Å². The molecule has 9 heteroatoms. The number of rotatable bonds is 5. The molecule has 160 valence electrons. The highest BCUT2D eigenvalue weighted by Gasteiger charge is 2.35. The van der Waals surface area contributed by atoms with Gasteiger partial charge in [-0.25, -0.2) is 0 Å². The van der Waals surface area contributed by atoms with Gasteiger partial charge in [-0.15, -0.1) is 23.1 Å². The fourth-order valence-electron chi connectivity index (χ4n) is 3.15. The Kier molecular flexibility index (Phi) is 6.15. The van der Waals surface area contributed by atoms with Gasteiger partial charge in [0.1, 0.15) is 6.04 Å². The van der Waals surface area contributed by atoms with Gasteiger partial charge in [-0.05, 0) is 61.4 Å². The van der Waals surface area contributed by atoms with Crippen molar-refractivity contribution in [3.05, 3.63) is 70.5 Å². The smallest absolute Gasteiger partial charge is 0.291 e. The Morgan fingerprint density at radius 3 is 2.65 bits per heavy atom. The molecular weight excluding hydrogens is 434 g/mol. The van der Waals surface area contributed by atoms with Crippen molar-refractivity contribution in [2.75, 3.05) is 22.3 Å². The summed E-state index contributed by atoms with van der Waals surface area (Å²) in [5, 5.41) is 6.18. The van der Waals surface area contributed by atoms with Crippen molar-refractivity contribution in [3.63, 3.8) is 0 Å². The number of thiophene rings is 1. The first-order valence-corrected chi connectivity index (χ1v) is 11.6. The lowest BCUT2D eigenvalue weighted by Crippen LogP contribution is -2.44. The average Bonchev–Trinajstić information content (AvgIpc) is 3.51. The molecule has 3 aromatic rings. The third kappa shape index (κ3) is 4.67. The normalized spacial score (nSPS) is 15.7. The lowest BCUT2D eigenvalue weighted by molar-refractivity contribution is -0.119. The van der Waals surface area contributed by atoms with Gasteiger partial charge in [-0.3, -0.25) is 14.4 Å². The first kappa shape index (κ1) is 21.2. The standard InChI is InChI=1S/C22H21N3O4S2/c1-13-5-6-15(10-14(13)2)23-20(26)16-11-30-12-25(16)22(28)18-7-8-19(31-18)24-21(27)17-4-3-9-29-17/h3-10,16H,11-12H2,1-2H3,(H,23,26)(H,24,27). The Morgan fingerprint density at radius 2 is 1.90 bits per heavy atom. The first-order chi connectivity index (χ1) is 14.9. The van der Waals surface area contributed by atoms with Crippen molar-refractivity contribution in [1.29, 1.82) is 0 Å². The molecule has 0 bridgehead atoms. The molecule has 2 N–H and O–H groups in total. The molecule has 0 saturated carbocycles. The molecule has 7 nitrogen and oxygen atoms in total. The fourth-order valence-corrected chi connectivity index (χ4v) is 5.16. The van der Waals surface area contributed by atoms with Gasteiger partial charge >= 0.3 is 0 Å². The van der Waals surface area contributed by atoms with Crippen LogP contribution in [-0.2, 0) is 4.79 Å². The molecule has 1 unspecified atom stereocenters. The van der Waals surface area contributed by atoms with Crippen LogP contribution in [0.25, 0.3) is 0 Å². The van der Waals surface area contributed by atoms with Crippen LogP contribution in [0.3, 0.4) is 0 Å². The maximum absolute atomic E-state index is 13.1. The van der Waals surface area contributed by atoms with Gasteiger partial charge in [0.2, 0.25) is 5.91 Å². The summed E-state index contributed by atoms with van der Waals surface area (Å²) < 4.78 is 5.08. The summed E-state index contributed by atoms with van der Waals surface area (Å²) in [5.41, 5.74) is 2.96. The Labute approximate surface area is 187 Å². The molecular formula is C22H21N3O4S2. The van der Waals surface area contributed by atoms with Crippen molar-refractivity contribution in [2.45, 2.75) is 19.9 Å². The Morgan fingerprint density at radius 1 is 1.06 bits per heavy atom. The third-order valence-corrected chi connectivity index (χ3v) is 7.02. The van der Waals surface area contributed by atoms with E-state index in [9.17, 15) is 14.4 Å². The molecule has 1 saturated heterocycles. The maximum atomic E-state index is 13.1. The fraction of sp³-hybridized carbons (Fsp3) is 0.227. The Hall–Kier alpha value is -3.04. The average molecular weight is 456 g/mol. The zero-order valence-corrected chi connectivity index (χ0v) is 18.6. The van der Waals surface area contributed by atoms with Crippen molar-refractivity contribution < 1.29 is 18.8 Å². The number of amides is 3.